The number of amides is 2. The van der Waals surface area contributed by atoms with Crippen molar-refractivity contribution in [3.8, 4) is 0 Å². The zero-order valence-corrected chi connectivity index (χ0v) is 15.5. The number of ether oxygens (including phenoxy) is 1. The van der Waals surface area contributed by atoms with Crippen LogP contribution in [-0.4, -0.2) is 38.6 Å². The Morgan fingerprint density at radius 1 is 1.16 bits per heavy atom. The third kappa shape index (κ3) is 4.81. The number of anilines is 3. The largest absolute Gasteiger partial charge is 0.378 e. The molecule has 1 fully saturated rings. The number of hydrogen-bond donors (Lipinski definition) is 2. The van der Waals surface area contributed by atoms with Crippen molar-refractivity contribution in [1.29, 1.82) is 0 Å². The molecular weight excluding hydrogens is 358 g/mol. The molecule has 2 aromatic carbocycles. The van der Waals surface area contributed by atoms with E-state index in [1.165, 1.54) is 0 Å². The number of thioether (sulfide) groups is 1. The lowest BCUT2D eigenvalue weighted by molar-refractivity contribution is 0.123. The van der Waals surface area contributed by atoms with Gasteiger partial charge in [-0.05, 0) is 42.7 Å². The number of carbonyl (C=O) groups excluding carboxylic acids is 1. The Labute approximate surface area is 156 Å². The van der Waals surface area contributed by atoms with Gasteiger partial charge < -0.3 is 20.3 Å². The molecule has 0 radical (unpaired) electrons. The van der Waals surface area contributed by atoms with Crippen molar-refractivity contribution >= 4 is 46.5 Å². The summed E-state index contributed by atoms with van der Waals surface area (Å²) in [5, 5.41) is 6.36. The molecule has 0 spiro atoms. The number of hydrogen-bond acceptors (Lipinski definition) is 4. The number of nitrogens with one attached hydrogen (secondary N) is 2. The molecule has 0 aromatic heterocycles. The molecule has 7 heteroatoms. The molecule has 25 heavy (non-hydrogen) atoms. The summed E-state index contributed by atoms with van der Waals surface area (Å²) >= 11 is 7.75. The highest BCUT2D eigenvalue weighted by molar-refractivity contribution is 7.98. The fourth-order valence-corrected chi connectivity index (χ4v) is 3.31. The van der Waals surface area contributed by atoms with Gasteiger partial charge in [-0.2, -0.15) is 0 Å². The lowest BCUT2D eigenvalue weighted by Gasteiger charge is -2.30. The summed E-state index contributed by atoms with van der Waals surface area (Å²) in [4.78, 5) is 15.7. The summed E-state index contributed by atoms with van der Waals surface area (Å²) in [5.74, 6) is 0. The third-order valence-corrected chi connectivity index (χ3v) is 4.85. The molecule has 0 saturated carbocycles. The second-order valence-electron chi connectivity index (χ2n) is 5.57. The molecule has 0 aliphatic carbocycles. The predicted molar refractivity (Wildman–Crippen MR) is 105 cm³/mol. The number of rotatable bonds is 4. The van der Waals surface area contributed by atoms with E-state index >= 15 is 0 Å². The van der Waals surface area contributed by atoms with Crippen molar-refractivity contribution in [2.24, 2.45) is 0 Å². The second kappa shape index (κ2) is 8.47. The van der Waals surface area contributed by atoms with Gasteiger partial charge in [-0.1, -0.05) is 17.7 Å². The smallest absolute Gasteiger partial charge is 0.323 e. The number of nitrogens with zero attached hydrogens (tertiary/aromatic N) is 1. The lowest BCUT2D eigenvalue weighted by atomic mass is 10.2. The first-order chi connectivity index (χ1) is 12.2. The van der Waals surface area contributed by atoms with E-state index in [2.05, 4.69) is 15.5 Å². The van der Waals surface area contributed by atoms with Gasteiger partial charge >= 0.3 is 6.03 Å². The van der Waals surface area contributed by atoms with Crippen LogP contribution in [0.3, 0.4) is 0 Å². The highest BCUT2D eigenvalue weighted by Crippen LogP contribution is 2.30. The highest BCUT2D eigenvalue weighted by atomic mass is 35.5. The van der Waals surface area contributed by atoms with Crippen molar-refractivity contribution in [2.45, 2.75) is 4.90 Å². The topological polar surface area (TPSA) is 53.6 Å². The molecule has 3 rings (SSSR count). The summed E-state index contributed by atoms with van der Waals surface area (Å²) in [6.07, 6.45) is 2.00. The van der Waals surface area contributed by atoms with Crippen LogP contribution in [0, 0.1) is 0 Å². The van der Waals surface area contributed by atoms with Gasteiger partial charge in [0.2, 0.25) is 0 Å². The van der Waals surface area contributed by atoms with Crippen LogP contribution in [0.5, 0.6) is 0 Å². The Bertz CT molecular complexity index is 751. The summed E-state index contributed by atoms with van der Waals surface area (Å²) in [5.41, 5.74) is 2.38. The number of urea groups is 1. The number of benzene rings is 2. The average molecular weight is 378 g/mol. The van der Waals surface area contributed by atoms with Crippen molar-refractivity contribution in [2.75, 3.05) is 48.1 Å². The molecule has 2 N–H and O–H groups in total. The quantitative estimate of drug-likeness (QED) is 0.768. The Morgan fingerprint density at radius 2 is 1.96 bits per heavy atom. The molecular formula is C18H20ClN3O2S. The summed E-state index contributed by atoms with van der Waals surface area (Å²) in [7, 11) is 0. The summed E-state index contributed by atoms with van der Waals surface area (Å²) in [6, 6.07) is 12.9. The van der Waals surface area contributed by atoms with Gasteiger partial charge in [-0.25, -0.2) is 4.79 Å². The van der Waals surface area contributed by atoms with Crippen molar-refractivity contribution in [3.05, 3.63) is 47.5 Å². The molecule has 0 atom stereocenters. The Hall–Kier alpha value is -1.89. The van der Waals surface area contributed by atoms with Crippen LogP contribution in [0.2, 0.25) is 5.02 Å². The van der Waals surface area contributed by atoms with Crippen LogP contribution in [-0.2, 0) is 4.74 Å². The number of carbonyl (C=O) groups is 1. The minimum atomic E-state index is -0.296. The van der Waals surface area contributed by atoms with Crippen LogP contribution in [0.4, 0.5) is 21.9 Å². The molecule has 132 valence electrons. The molecule has 2 aromatic rings. The van der Waals surface area contributed by atoms with Gasteiger partial charge in [-0.15, -0.1) is 11.8 Å². The maximum absolute atomic E-state index is 12.4. The van der Waals surface area contributed by atoms with Crippen LogP contribution < -0.4 is 15.5 Å². The number of morpholine rings is 1. The maximum Gasteiger partial charge on any atom is 0.323 e. The Morgan fingerprint density at radius 3 is 2.72 bits per heavy atom. The fourth-order valence-electron chi connectivity index (χ4n) is 2.67. The van der Waals surface area contributed by atoms with Crippen LogP contribution in [0.25, 0.3) is 0 Å². The number of halogens is 1. The predicted octanol–water partition coefficient (Wildman–Crippen LogP) is 4.54. The van der Waals surface area contributed by atoms with E-state index in [1.54, 1.807) is 17.8 Å². The first kappa shape index (κ1) is 17.9. The first-order valence-corrected chi connectivity index (χ1v) is 9.60. The normalized spacial score (nSPS) is 14.2. The van der Waals surface area contributed by atoms with Crippen molar-refractivity contribution in [1.82, 2.24) is 0 Å². The standard InChI is InChI=1S/C18H20ClN3O2S/c1-25-15-4-2-3-14(12-15)20-18(23)21-16-11-13(19)5-6-17(16)22-7-9-24-10-8-22/h2-6,11-12H,7-10H2,1H3,(H2,20,21,23). The molecule has 1 heterocycles. The molecule has 0 unspecified atom stereocenters. The Kier molecular flexibility index (Phi) is 6.07. The van der Waals surface area contributed by atoms with Gasteiger partial charge in [0.05, 0.1) is 24.6 Å². The minimum Gasteiger partial charge on any atom is -0.378 e. The van der Waals surface area contributed by atoms with Gasteiger partial charge in [-0.3, -0.25) is 0 Å². The van der Waals surface area contributed by atoms with E-state index in [-0.39, 0.29) is 6.03 Å². The summed E-state index contributed by atoms with van der Waals surface area (Å²) in [6.45, 7) is 2.92. The fraction of sp³-hybridized carbons (Fsp3) is 0.278. The zero-order valence-electron chi connectivity index (χ0n) is 13.9. The minimum absolute atomic E-state index is 0.296. The molecule has 1 aliphatic rings. The molecule has 0 bridgehead atoms. The van der Waals surface area contributed by atoms with Gasteiger partial charge in [0, 0.05) is 28.7 Å². The Balaban J connectivity index is 1.74. The third-order valence-electron chi connectivity index (χ3n) is 3.89. The molecule has 2 amide bonds. The van der Waals surface area contributed by atoms with Crippen LogP contribution >= 0.6 is 23.4 Å². The molecule has 5 nitrogen and oxygen atoms in total. The van der Waals surface area contributed by atoms with Crippen molar-refractivity contribution in [3.63, 3.8) is 0 Å². The van der Waals surface area contributed by atoms with E-state index in [4.69, 9.17) is 16.3 Å². The maximum atomic E-state index is 12.4. The highest BCUT2D eigenvalue weighted by Gasteiger charge is 2.16. The van der Waals surface area contributed by atoms with Crippen molar-refractivity contribution < 1.29 is 9.53 Å². The SMILES string of the molecule is CSc1cccc(NC(=O)Nc2cc(Cl)ccc2N2CCOCC2)c1. The van der Waals surface area contributed by atoms with Crippen LogP contribution in [0.15, 0.2) is 47.4 Å². The zero-order chi connectivity index (χ0) is 17.6. The van der Waals surface area contributed by atoms with Gasteiger partial charge in [0.25, 0.3) is 0 Å². The van der Waals surface area contributed by atoms with E-state index in [0.717, 1.165) is 29.4 Å². The van der Waals surface area contributed by atoms with E-state index in [1.807, 2.05) is 42.7 Å². The average Bonchev–Trinajstić information content (AvgIpc) is 2.62. The lowest BCUT2D eigenvalue weighted by Crippen LogP contribution is -2.37. The van der Waals surface area contributed by atoms with Gasteiger partial charge in [0.1, 0.15) is 0 Å². The second-order valence-corrected chi connectivity index (χ2v) is 6.89. The van der Waals surface area contributed by atoms with E-state index < -0.39 is 0 Å². The summed E-state index contributed by atoms with van der Waals surface area (Å²) < 4.78 is 5.40. The van der Waals surface area contributed by atoms with Crippen LogP contribution in [0.1, 0.15) is 0 Å². The van der Waals surface area contributed by atoms with E-state index in [9.17, 15) is 4.79 Å². The van der Waals surface area contributed by atoms with E-state index in [0.29, 0.717) is 23.9 Å². The van der Waals surface area contributed by atoms with Gasteiger partial charge in [0.15, 0.2) is 0 Å². The first-order valence-electron chi connectivity index (χ1n) is 8.00. The molecule has 1 saturated heterocycles. The molecule has 1 aliphatic heterocycles. The monoisotopic (exact) mass is 377 g/mol.